The minimum absolute atomic E-state index is 0.0302. The van der Waals surface area contributed by atoms with Crippen LogP contribution in [0.15, 0.2) is 36.4 Å². The number of aliphatic hydroxyl groups excluding tert-OH is 1. The first-order valence-corrected chi connectivity index (χ1v) is 9.03. The first-order chi connectivity index (χ1) is 12.7. The van der Waals surface area contributed by atoms with Gasteiger partial charge in [0.1, 0.15) is 6.61 Å². The molecular weight excluding hydrogens is 377 g/mol. The van der Waals surface area contributed by atoms with Crippen molar-refractivity contribution in [2.45, 2.75) is 13.2 Å². The third kappa shape index (κ3) is 6.34. The van der Waals surface area contributed by atoms with Gasteiger partial charge >= 0.3 is 0 Å². The van der Waals surface area contributed by atoms with Crippen molar-refractivity contribution in [3.63, 3.8) is 0 Å². The highest BCUT2D eigenvalue weighted by Gasteiger charge is 2.13. The van der Waals surface area contributed by atoms with Crippen LogP contribution in [0, 0.1) is 0 Å². The van der Waals surface area contributed by atoms with Gasteiger partial charge < -0.3 is 24.6 Å². The molecule has 0 amide bonds. The van der Waals surface area contributed by atoms with Crippen LogP contribution in [0.4, 0.5) is 0 Å². The summed E-state index contributed by atoms with van der Waals surface area (Å²) in [7, 11) is 1.58. The number of ether oxygens (including phenoxy) is 3. The third-order valence-corrected chi connectivity index (χ3v) is 4.26. The highest BCUT2D eigenvalue weighted by Crippen LogP contribution is 2.37. The van der Waals surface area contributed by atoms with Gasteiger partial charge in [-0.1, -0.05) is 41.4 Å². The predicted molar refractivity (Wildman–Crippen MR) is 103 cm³/mol. The zero-order chi connectivity index (χ0) is 18.8. The van der Waals surface area contributed by atoms with E-state index in [4.69, 9.17) is 42.5 Å². The zero-order valence-electron chi connectivity index (χ0n) is 14.6. The molecule has 2 N–H and O–H groups in total. The number of nitrogens with one attached hydrogen (secondary N) is 1. The summed E-state index contributed by atoms with van der Waals surface area (Å²) in [5.74, 6) is 1.06. The molecule has 0 unspecified atom stereocenters. The van der Waals surface area contributed by atoms with Crippen LogP contribution in [0.25, 0.3) is 0 Å². The van der Waals surface area contributed by atoms with E-state index >= 15 is 0 Å². The fraction of sp³-hybridized carbons (Fsp3) is 0.368. The van der Waals surface area contributed by atoms with Gasteiger partial charge in [-0.05, 0) is 23.8 Å². The molecule has 0 bridgehead atoms. The van der Waals surface area contributed by atoms with Gasteiger partial charge in [0, 0.05) is 23.7 Å². The minimum Gasteiger partial charge on any atom is -0.493 e. The zero-order valence-corrected chi connectivity index (χ0v) is 16.1. The molecular formula is C19H23Cl2NO4. The van der Waals surface area contributed by atoms with Gasteiger partial charge in [0.05, 0.1) is 32.0 Å². The van der Waals surface area contributed by atoms with Crippen LogP contribution in [0.5, 0.6) is 11.5 Å². The summed E-state index contributed by atoms with van der Waals surface area (Å²) < 4.78 is 16.5. The van der Waals surface area contributed by atoms with Crippen molar-refractivity contribution in [3.8, 4) is 11.5 Å². The molecule has 142 valence electrons. The molecule has 0 heterocycles. The van der Waals surface area contributed by atoms with Crippen molar-refractivity contribution >= 4 is 23.2 Å². The molecule has 0 saturated heterocycles. The average Bonchev–Trinajstić information content (AvgIpc) is 2.64. The normalized spacial score (nSPS) is 10.8. The predicted octanol–water partition coefficient (Wildman–Crippen LogP) is 3.68. The first kappa shape index (κ1) is 20.8. The van der Waals surface area contributed by atoms with Crippen molar-refractivity contribution in [3.05, 3.63) is 57.6 Å². The Balaban J connectivity index is 1.96. The number of hydrogen-bond donors (Lipinski definition) is 2. The number of aliphatic hydroxyl groups is 1. The molecule has 0 spiro atoms. The lowest BCUT2D eigenvalue weighted by molar-refractivity contribution is 0.0938. The summed E-state index contributed by atoms with van der Waals surface area (Å²) in [6, 6.07) is 11.2. The molecule has 2 aromatic rings. The molecule has 0 aliphatic heterocycles. The number of hydrogen-bond acceptors (Lipinski definition) is 5. The summed E-state index contributed by atoms with van der Waals surface area (Å²) in [6.07, 6.45) is 0. The molecule has 0 aromatic heterocycles. The molecule has 0 fully saturated rings. The fourth-order valence-electron chi connectivity index (χ4n) is 2.32. The van der Waals surface area contributed by atoms with Crippen LogP contribution in [0.2, 0.25) is 10.0 Å². The van der Waals surface area contributed by atoms with E-state index in [0.29, 0.717) is 54.5 Å². The minimum atomic E-state index is 0.0302. The molecule has 2 rings (SSSR count). The van der Waals surface area contributed by atoms with Crippen LogP contribution < -0.4 is 14.8 Å². The van der Waals surface area contributed by atoms with E-state index < -0.39 is 0 Å². The largest absolute Gasteiger partial charge is 0.493 e. The molecule has 0 radical (unpaired) electrons. The second-order valence-electron chi connectivity index (χ2n) is 5.50. The number of halogens is 2. The third-order valence-electron chi connectivity index (χ3n) is 3.61. The average molecular weight is 400 g/mol. The van der Waals surface area contributed by atoms with Gasteiger partial charge in [-0.2, -0.15) is 0 Å². The van der Waals surface area contributed by atoms with Crippen molar-refractivity contribution in [1.29, 1.82) is 0 Å². The molecule has 0 aliphatic rings. The molecule has 26 heavy (non-hydrogen) atoms. The molecule has 7 heteroatoms. The van der Waals surface area contributed by atoms with E-state index in [2.05, 4.69) is 5.32 Å². The highest BCUT2D eigenvalue weighted by molar-refractivity contribution is 6.32. The Morgan fingerprint density at radius 2 is 1.88 bits per heavy atom. The topological polar surface area (TPSA) is 60.0 Å². The maximum Gasteiger partial charge on any atom is 0.180 e. The smallest absolute Gasteiger partial charge is 0.180 e. The Kier molecular flexibility index (Phi) is 9.01. The van der Waals surface area contributed by atoms with Crippen LogP contribution in [-0.2, 0) is 17.9 Å². The number of rotatable bonds is 11. The second-order valence-corrected chi connectivity index (χ2v) is 6.32. The summed E-state index contributed by atoms with van der Waals surface area (Å²) in [6.45, 7) is 2.50. The van der Waals surface area contributed by atoms with Crippen molar-refractivity contribution < 1.29 is 19.3 Å². The summed E-state index contributed by atoms with van der Waals surface area (Å²) >= 11 is 12.5. The van der Waals surface area contributed by atoms with Crippen molar-refractivity contribution in [1.82, 2.24) is 5.32 Å². The van der Waals surface area contributed by atoms with Gasteiger partial charge in [0.25, 0.3) is 0 Å². The van der Waals surface area contributed by atoms with Crippen LogP contribution in [0.1, 0.15) is 11.1 Å². The lowest BCUT2D eigenvalue weighted by Gasteiger charge is -2.15. The molecule has 0 aliphatic carbocycles. The Morgan fingerprint density at radius 3 is 2.62 bits per heavy atom. The van der Waals surface area contributed by atoms with Gasteiger partial charge in [0.15, 0.2) is 11.5 Å². The van der Waals surface area contributed by atoms with Crippen molar-refractivity contribution in [2.24, 2.45) is 0 Å². The Hall–Kier alpha value is -1.50. The monoisotopic (exact) mass is 399 g/mol. The van der Waals surface area contributed by atoms with Crippen LogP contribution >= 0.6 is 23.2 Å². The maximum atomic E-state index is 8.65. The van der Waals surface area contributed by atoms with Gasteiger partial charge in [-0.15, -0.1) is 0 Å². The van der Waals surface area contributed by atoms with E-state index in [-0.39, 0.29) is 6.61 Å². The summed E-state index contributed by atoms with van der Waals surface area (Å²) in [5, 5.41) is 13.0. The highest BCUT2D eigenvalue weighted by atomic mass is 35.5. The summed E-state index contributed by atoms with van der Waals surface area (Å²) in [5.41, 5.74) is 1.85. The second kappa shape index (κ2) is 11.3. The van der Waals surface area contributed by atoms with E-state index in [1.807, 2.05) is 36.4 Å². The SMILES string of the molecule is COc1cc(CNCCOCCO)cc(Cl)c1OCc1ccccc1Cl. The Bertz CT molecular complexity index is 697. The van der Waals surface area contributed by atoms with Crippen LogP contribution in [-0.4, -0.2) is 38.6 Å². The van der Waals surface area contributed by atoms with E-state index in [1.165, 1.54) is 0 Å². The quantitative estimate of drug-likeness (QED) is 0.564. The lowest BCUT2D eigenvalue weighted by Crippen LogP contribution is -2.20. The van der Waals surface area contributed by atoms with Crippen molar-refractivity contribution in [2.75, 3.05) is 33.5 Å². The molecule has 0 atom stereocenters. The summed E-state index contributed by atoms with van der Waals surface area (Å²) in [4.78, 5) is 0. The van der Waals surface area contributed by atoms with E-state index in [1.54, 1.807) is 7.11 Å². The number of benzene rings is 2. The molecule has 2 aromatic carbocycles. The maximum absolute atomic E-state index is 8.65. The number of methoxy groups -OCH3 is 1. The molecule has 0 saturated carbocycles. The van der Waals surface area contributed by atoms with Gasteiger partial charge in [0.2, 0.25) is 0 Å². The molecule has 5 nitrogen and oxygen atoms in total. The van der Waals surface area contributed by atoms with Gasteiger partial charge in [-0.3, -0.25) is 0 Å². The Morgan fingerprint density at radius 1 is 1.08 bits per heavy atom. The Labute approximate surface area is 163 Å². The van der Waals surface area contributed by atoms with Gasteiger partial charge in [-0.25, -0.2) is 0 Å². The fourth-order valence-corrected chi connectivity index (χ4v) is 2.80. The standard InChI is InChI=1S/C19H23Cl2NO4/c1-24-18-11-14(12-22-6-8-25-9-7-23)10-17(21)19(18)26-13-15-4-2-3-5-16(15)20/h2-5,10-11,22-23H,6-9,12-13H2,1H3. The van der Waals surface area contributed by atoms with E-state index in [9.17, 15) is 0 Å². The first-order valence-electron chi connectivity index (χ1n) is 8.27. The lowest BCUT2D eigenvalue weighted by atomic mass is 10.2. The van der Waals surface area contributed by atoms with E-state index in [0.717, 1.165) is 11.1 Å². The van der Waals surface area contributed by atoms with Crippen LogP contribution in [0.3, 0.4) is 0 Å².